The van der Waals surface area contributed by atoms with Crippen molar-refractivity contribution in [1.82, 2.24) is 0 Å². The number of anilines is 1. The summed E-state index contributed by atoms with van der Waals surface area (Å²) in [6, 6.07) is 6.50. The molecule has 0 fully saturated rings. The first-order chi connectivity index (χ1) is 10.4. The lowest BCUT2D eigenvalue weighted by molar-refractivity contribution is 0.395. The topological polar surface area (TPSA) is 64.6 Å². The zero-order valence-electron chi connectivity index (χ0n) is 11.8. The summed E-state index contributed by atoms with van der Waals surface area (Å²) in [6.07, 6.45) is 0. The van der Waals surface area contributed by atoms with Gasteiger partial charge >= 0.3 is 0 Å². The second-order valence-electron chi connectivity index (χ2n) is 4.28. The van der Waals surface area contributed by atoms with Crippen LogP contribution in [-0.4, -0.2) is 22.6 Å². The molecule has 0 bridgehead atoms. The van der Waals surface area contributed by atoms with Crippen LogP contribution < -0.4 is 14.2 Å². The summed E-state index contributed by atoms with van der Waals surface area (Å²) in [5.74, 6) is -1.22. The lowest BCUT2D eigenvalue weighted by atomic mass is 10.3. The third-order valence-electron chi connectivity index (χ3n) is 2.79. The molecule has 0 heterocycles. The molecule has 0 atom stereocenters. The molecular weight excluding hydrogens is 316 g/mol. The van der Waals surface area contributed by atoms with Gasteiger partial charge in [-0.3, -0.25) is 4.72 Å². The van der Waals surface area contributed by atoms with Gasteiger partial charge in [0.1, 0.15) is 28.0 Å². The largest absolute Gasteiger partial charge is 0.497 e. The van der Waals surface area contributed by atoms with Crippen LogP contribution in [0.15, 0.2) is 41.3 Å². The van der Waals surface area contributed by atoms with Crippen molar-refractivity contribution in [3.8, 4) is 11.5 Å². The Labute approximate surface area is 126 Å². The number of ether oxygens (including phenoxy) is 2. The monoisotopic (exact) mass is 329 g/mol. The molecule has 0 aliphatic rings. The number of methoxy groups -OCH3 is 2. The second kappa shape index (κ2) is 6.18. The Morgan fingerprint density at radius 3 is 2.09 bits per heavy atom. The number of hydrogen-bond donors (Lipinski definition) is 1. The van der Waals surface area contributed by atoms with E-state index in [2.05, 4.69) is 4.72 Å². The van der Waals surface area contributed by atoms with Gasteiger partial charge in [-0.1, -0.05) is 0 Å². The van der Waals surface area contributed by atoms with E-state index in [0.29, 0.717) is 17.6 Å². The van der Waals surface area contributed by atoms with E-state index in [-0.39, 0.29) is 5.69 Å². The van der Waals surface area contributed by atoms with Crippen molar-refractivity contribution in [2.45, 2.75) is 4.90 Å². The molecule has 2 aromatic carbocycles. The van der Waals surface area contributed by atoms with Gasteiger partial charge in [-0.05, 0) is 18.2 Å². The van der Waals surface area contributed by atoms with E-state index < -0.39 is 26.6 Å². The first-order valence-corrected chi connectivity index (χ1v) is 7.55. The minimum Gasteiger partial charge on any atom is -0.497 e. The Kier molecular flexibility index (Phi) is 4.51. The molecule has 1 N–H and O–H groups in total. The minimum absolute atomic E-state index is 0.0971. The average Bonchev–Trinajstić information content (AvgIpc) is 2.48. The van der Waals surface area contributed by atoms with Crippen molar-refractivity contribution in [2.24, 2.45) is 0 Å². The predicted molar refractivity (Wildman–Crippen MR) is 76.7 cm³/mol. The molecule has 2 rings (SSSR count). The Hall–Kier alpha value is -2.35. The Morgan fingerprint density at radius 2 is 1.55 bits per heavy atom. The standard InChI is InChI=1S/C14H13F2NO4S/c1-20-11-6-10(7-12(8-11)21-2)17-22(18,19)14-5-9(15)3-4-13(14)16/h3-8,17H,1-2H3. The molecule has 0 saturated carbocycles. The average molecular weight is 329 g/mol. The fraction of sp³-hybridized carbons (Fsp3) is 0.143. The molecule has 0 radical (unpaired) electrons. The molecule has 22 heavy (non-hydrogen) atoms. The third-order valence-corrected chi connectivity index (χ3v) is 4.18. The van der Waals surface area contributed by atoms with E-state index in [9.17, 15) is 17.2 Å². The van der Waals surface area contributed by atoms with E-state index in [0.717, 1.165) is 12.1 Å². The number of benzene rings is 2. The van der Waals surface area contributed by atoms with E-state index >= 15 is 0 Å². The number of sulfonamides is 1. The van der Waals surface area contributed by atoms with Crippen molar-refractivity contribution in [2.75, 3.05) is 18.9 Å². The van der Waals surface area contributed by atoms with Gasteiger partial charge in [-0.2, -0.15) is 0 Å². The lowest BCUT2D eigenvalue weighted by Crippen LogP contribution is -2.15. The molecule has 0 aromatic heterocycles. The minimum atomic E-state index is -4.29. The Balaban J connectivity index is 2.42. The number of halogens is 2. The molecule has 2 aromatic rings. The fourth-order valence-corrected chi connectivity index (χ4v) is 2.89. The highest BCUT2D eigenvalue weighted by atomic mass is 32.2. The van der Waals surface area contributed by atoms with Crippen LogP contribution in [-0.2, 0) is 10.0 Å². The fourth-order valence-electron chi connectivity index (χ4n) is 1.76. The van der Waals surface area contributed by atoms with E-state index in [4.69, 9.17) is 9.47 Å². The molecule has 118 valence electrons. The van der Waals surface area contributed by atoms with Gasteiger partial charge in [0, 0.05) is 18.2 Å². The van der Waals surface area contributed by atoms with Crippen LogP contribution >= 0.6 is 0 Å². The van der Waals surface area contributed by atoms with Gasteiger partial charge in [-0.15, -0.1) is 0 Å². The highest BCUT2D eigenvalue weighted by molar-refractivity contribution is 7.92. The molecule has 5 nitrogen and oxygen atoms in total. The van der Waals surface area contributed by atoms with Crippen molar-refractivity contribution in [1.29, 1.82) is 0 Å². The predicted octanol–water partition coefficient (Wildman–Crippen LogP) is 2.78. The zero-order valence-corrected chi connectivity index (χ0v) is 12.6. The molecule has 0 aliphatic carbocycles. The van der Waals surface area contributed by atoms with Gasteiger partial charge in [0.25, 0.3) is 10.0 Å². The third kappa shape index (κ3) is 3.45. The molecule has 0 saturated heterocycles. The van der Waals surface area contributed by atoms with Crippen LogP contribution in [0.4, 0.5) is 14.5 Å². The summed E-state index contributed by atoms with van der Waals surface area (Å²) in [5.41, 5.74) is 0.0971. The van der Waals surface area contributed by atoms with E-state index in [1.54, 1.807) is 6.07 Å². The van der Waals surface area contributed by atoms with Crippen LogP contribution in [0.25, 0.3) is 0 Å². The molecule has 0 amide bonds. The van der Waals surface area contributed by atoms with Gasteiger partial charge in [0.15, 0.2) is 0 Å². The molecule has 0 aliphatic heterocycles. The lowest BCUT2D eigenvalue weighted by Gasteiger charge is -2.12. The highest BCUT2D eigenvalue weighted by Gasteiger charge is 2.20. The van der Waals surface area contributed by atoms with Gasteiger partial charge in [0.05, 0.1) is 19.9 Å². The molecule has 0 unspecified atom stereocenters. The highest BCUT2D eigenvalue weighted by Crippen LogP contribution is 2.28. The summed E-state index contributed by atoms with van der Waals surface area (Å²) in [7, 11) is -1.49. The van der Waals surface area contributed by atoms with Crippen molar-refractivity contribution < 1.29 is 26.7 Å². The Morgan fingerprint density at radius 1 is 0.955 bits per heavy atom. The summed E-state index contributed by atoms with van der Waals surface area (Å²) < 4.78 is 63.3. The van der Waals surface area contributed by atoms with Gasteiger partial charge in [-0.25, -0.2) is 17.2 Å². The molecular formula is C14H13F2NO4S. The summed E-state index contributed by atoms with van der Waals surface area (Å²) >= 11 is 0. The smallest absolute Gasteiger partial charge is 0.264 e. The van der Waals surface area contributed by atoms with Crippen molar-refractivity contribution >= 4 is 15.7 Å². The quantitative estimate of drug-likeness (QED) is 0.916. The van der Waals surface area contributed by atoms with Crippen LogP contribution in [0, 0.1) is 11.6 Å². The number of nitrogens with one attached hydrogen (secondary N) is 1. The van der Waals surface area contributed by atoms with Crippen LogP contribution in [0.2, 0.25) is 0 Å². The van der Waals surface area contributed by atoms with Crippen LogP contribution in [0.3, 0.4) is 0 Å². The first kappa shape index (κ1) is 16.0. The summed E-state index contributed by atoms with van der Waals surface area (Å²) in [5, 5.41) is 0. The maximum absolute atomic E-state index is 13.6. The van der Waals surface area contributed by atoms with Gasteiger partial charge < -0.3 is 9.47 Å². The molecule has 8 heteroatoms. The maximum atomic E-state index is 13.6. The van der Waals surface area contributed by atoms with Crippen molar-refractivity contribution in [3.05, 3.63) is 48.0 Å². The first-order valence-electron chi connectivity index (χ1n) is 6.06. The van der Waals surface area contributed by atoms with E-state index in [1.807, 2.05) is 0 Å². The number of hydrogen-bond acceptors (Lipinski definition) is 4. The normalized spacial score (nSPS) is 11.1. The van der Waals surface area contributed by atoms with Crippen LogP contribution in [0.1, 0.15) is 0 Å². The summed E-state index contributed by atoms with van der Waals surface area (Å²) in [6.45, 7) is 0. The SMILES string of the molecule is COc1cc(NS(=O)(=O)c2cc(F)ccc2F)cc(OC)c1. The maximum Gasteiger partial charge on any atom is 0.264 e. The van der Waals surface area contributed by atoms with Gasteiger partial charge in [0.2, 0.25) is 0 Å². The summed E-state index contributed by atoms with van der Waals surface area (Å²) in [4.78, 5) is -0.783. The number of rotatable bonds is 5. The molecule has 0 spiro atoms. The van der Waals surface area contributed by atoms with E-state index in [1.165, 1.54) is 26.4 Å². The van der Waals surface area contributed by atoms with Crippen molar-refractivity contribution in [3.63, 3.8) is 0 Å². The van der Waals surface area contributed by atoms with Crippen LogP contribution in [0.5, 0.6) is 11.5 Å². The Bertz CT molecular complexity index is 771. The second-order valence-corrected chi connectivity index (χ2v) is 5.93. The zero-order chi connectivity index (χ0) is 16.3.